The number of amides is 2. The second kappa shape index (κ2) is 10.7. The molecular weight excluding hydrogens is 485 g/mol. The van der Waals surface area contributed by atoms with Crippen LogP contribution < -0.4 is 10.1 Å². The fourth-order valence-corrected chi connectivity index (χ4v) is 6.06. The standard InChI is InChI=1S/C27H31F3N4O3/c28-27(29,30)19-5-3-4-18(16-19)26(36)32-17-25(35)34-15-12-22-23(34)11-14-33(22)20-7-9-21(10-8-20)37-24-6-1-2-13-31-24/h1-6,13,16,20-23H,7-12,14-15,17H2,(H,32,36). The maximum absolute atomic E-state index is 12.9. The Morgan fingerprint density at radius 2 is 1.76 bits per heavy atom. The molecule has 10 heteroatoms. The number of nitrogens with one attached hydrogen (secondary N) is 1. The molecular formula is C27H31F3N4O3. The number of benzene rings is 1. The number of carbonyl (C=O) groups is 2. The van der Waals surface area contributed by atoms with Crippen molar-refractivity contribution in [3.63, 3.8) is 0 Å². The summed E-state index contributed by atoms with van der Waals surface area (Å²) in [6.07, 6.45) is 3.19. The van der Waals surface area contributed by atoms with Crippen LogP contribution in [0.25, 0.3) is 0 Å². The Morgan fingerprint density at radius 3 is 2.49 bits per heavy atom. The molecule has 198 valence electrons. The van der Waals surface area contributed by atoms with Crippen molar-refractivity contribution in [3.05, 3.63) is 59.8 Å². The first-order chi connectivity index (χ1) is 17.8. The summed E-state index contributed by atoms with van der Waals surface area (Å²) in [7, 11) is 0. The topological polar surface area (TPSA) is 74.8 Å². The van der Waals surface area contributed by atoms with Gasteiger partial charge in [-0.2, -0.15) is 13.2 Å². The molecule has 2 atom stereocenters. The average molecular weight is 517 g/mol. The van der Waals surface area contributed by atoms with Gasteiger partial charge in [0.15, 0.2) is 0 Å². The third-order valence-electron chi connectivity index (χ3n) is 7.83. The minimum atomic E-state index is -4.53. The van der Waals surface area contributed by atoms with Gasteiger partial charge in [0.1, 0.15) is 6.10 Å². The number of nitrogens with zero attached hydrogens (tertiary/aromatic N) is 3. The fourth-order valence-electron chi connectivity index (χ4n) is 6.06. The number of hydrogen-bond acceptors (Lipinski definition) is 5. The van der Waals surface area contributed by atoms with E-state index in [1.165, 1.54) is 12.1 Å². The Labute approximate surface area is 214 Å². The van der Waals surface area contributed by atoms with Crippen molar-refractivity contribution in [1.29, 1.82) is 0 Å². The zero-order valence-electron chi connectivity index (χ0n) is 20.5. The van der Waals surface area contributed by atoms with Gasteiger partial charge < -0.3 is 15.0 Å². The Hall–Kier alpha value is -3.14. The molecule has 0 spiro atoms. The molecule has 3 fully saturated rings. The van der Waals surface area contributed by atoms with Gasteiger partial charge in [0.2, 0.25) is 11.8 Å². The lowest BCUT2D eigenvalue weighted by Crippen LogP contribution is -2.46. The summed E-state index contributed by atoms with van der Waals surface area (Å²) in [5, 5.41) is 2.50. The van der Waals surface area contributed by atoms with Gasteiger partial charge in [-0.25, -0.2) is 4.98 Å². The van der Waals surface area contributed by atoms with E-state index in [2.05, 4.69) is 15.2 Å². The van der Waals surface area contributed by atoms with Crippen molar-refractivity contribution in [2.24, 2.45) is 0 Å². The van der Waals surface area contributed by atoms with Gasteiger partial charge >= 0.3 is 6.18 Å². The maximum Gasteiger partial charge on any atom is 0.416 e. The maximum atomic E-state index is 12.9. The molecule has 3 aliphatic rings. The van der Waals surface area contributed by atoms with Gasteiger partial charge in [-0.15, -0.1) is 0 Å². The SMILES string of the molecule is O=C(NCC(=O)N1CCC2C1CCN2C1CCC(Oc2ccccn2)CC1)c1cccc(C(F)(F)F)c1. The van der Waals surface area contributed by atoms with Gasteiger partial charge in [-0.3, -0.25) is 14.5 Å². The Morgan fingerprint density at radius 1 is 0.973 bits per heavy atom. The number of halogens is 3. The number of pyridine rings is 1. The van der Waals surface area contributed by atoms with E-state index in [1.807, 2.05) is 23.1 Å². The lowest BCUT2D eigenvalue weighted by Gasteiger charge is -2.37. The van der Waals surface area contributed by atoms with Crippen LogP contribution in [0.1, 0.15) is 54.4 Å². The van der Waals surface area contributed by atoms with Crippen LogP contribution in [0.3, 0.4) is 0 Å². The number of ether oxygens (including phenoxy) is 1. The number of likely N-dealkylation sites (tertiary alicyclic amines) is 2. The van der Waals surface area contributed by atoms with Crippen LogP contribution in [0, 0.1) is 0 Å². The minimum Gasteiger partial charge on any atom is -0.474 e. The van der Waals surface area contributed by atoms with Crippen molar-refractivity contribution in [2.75, 3.05) is 19.6 Å². The highest BCUT2D eigenvalue weighted by molar-refractivity contribution is 5.96. The number of fused-ring (bicyclic) bond motifs is 1. The quantitative estimate of drug-likeness (QED) is 0.631. The van der Waals surface area contributed by atoms with E-state index in [1.54, 1.807) is 6.20 Å². The minimum absolute atomic E-state index is 0.112. The average Bonchev–Trinajstić information content (AvgIpc) is 3.50. The number of hydrogen-bond donors (Lipinski definition) is 1. The number of aromatic nitrogens is 1. The fraction of sp³-hybridized carbons (Fsp3) is 0.519. The number of alkyl halides is 3. The van der Waals surface area contributed by atoms with Crippen LogP contribution in [-0.4, -0.2) is 70.5 Å². The molecule has 1 aromatic carbocycles. The normalized spacial score (nSPS) is 26.1. The van der Waals surface area contributed by atoms with Crippen molar-refractivity contribution in [2.45, 2.75) is 68.9 Å². The summed E-state index contributed by atoms with van der Waals surface area (Å²) in [6, 6.07) is 10.8. The predicted octanol–water partition coefficient (Wildman–Crippen LogP) is 3.90. The lowest BCUT2D eigenvalue weighted by molar-refractivity contribution is -0.137. The summed E-state index contributed by atoms with van der Waals surface area (Å²) < 4.78 is 44.9. The van der Waals surface area contributed by atoms with E-state index < -0.39 is 17.6 Å². The first-order valence-corrected chi connectivity index (χ1v) is 12.9. The van der Waals surface area contributed by atoms with Crippen molar-refractivity contribution < 1.29 is 27.5 Å². The van der Waals surface area contributed by atoms with E-state index in [0.717, 1.165) is 57.2 Å². The third-order valence-corrected chi connectivity index (χ3v) is 7.83. The Kier molecular flexibility index (Phi) is 7.37. The number of rotatable bonds is 6. The first-order valence-electron chi connectivity index (χ1n) is 12.9. The second-order valence-electron chi connectivity index (χ2n) is 10.0. The zero-order valence-corrected chi connectivity index (χ0v) is 20.5. The summed E-state index contributed by atoms with van der Waals surface area (Å²) in [5.74, 6) is -0.215. The monoisotopic (exact) mass is 516 g/mol. The molecule has 1 aliphatic carbocycles. The zero-order chi connectivity index (χ0) is 26.0. The van der Waals surface area contributed by atoms with Crippen LogP contribution in [0.15, 0.2) is 48.7 Å². The van der Waals surface area contributed by atoms with Crippen LogP contribution in [0.2, 0.25) is 0 Å². The van der Waals surface area contributed by atoms with Gasteiger partial charge in [-0.05, 0) is 62.8 Å². The molecule has 2 aliphatic heterocycles. The highest BCUT2D eigenvalue weighted by Gasteiger charge is 2.46. The smallest absolute Gasteiger partial charge is 0.416 e. The highest BCUT2D eigenvalue weighted by atomic mass is 19.4. The van der Waals surface area contributed by atoms with Gasteiger partial charge in [0.05, 0.1) is 12.1 Å². The molecule has 1 aromatic heterocycles. The molecule has 2 unspecified atom stereocenters. The summed E-state index contributed by atoms with van der Waals surface area (Å²) in [6.45, 7) is 1.34. The Bertz CT molecular complexity index is 1110. The first kappa shape index (κ1) is 25.5. The molecule has 3 heterocycles. The van der Waals surface area contributed by atoms with E-state index in [4.69, 9.17) is 4.74 Å². The summed E-state index contributed by atoms with van der Waals surface area (Å²) >= 11 is 0. The lowest BCUT2D eigenvalue weighted by atomic mass is 9.91. The van der Waals surface area contributed by atoms with Gasteiger partial charge in [0, 0.05) is 49.0 Å². The third kappa shape index (κ3) is 5.74. The summed E-state index contributed by atoms with van der Waals surface area (Å²) in [5.41, 5.74) is -1.01. The molecule has 2 amide bonds. The summed E-state index contributed by atoms with van der Waals surface area (Å²) in [4.78, 5) is 34.0. The van der Waals surface area contributed by atoms with Crippen LogP contribution in [0.4, 0.5) is 13.2 Å². The second-order valence-corrected chi connectivity index (χ2v) is 10.0. The molecule has 5 rings (SSSR count). The Balaban J connectivity index is 1.10. The molecule has 1 saturated carbocycles. The largest absolute Gasteiger partial charge is 0.474 e. The van der Waals surface area contributed by atoms with E-state index in [0.29, 0.717) is 24.5 Å². The van der Waals surface area contributed by atoms with Gasteiger partial charge in [-0.1, -0.05) is 12.1 Å². The van der Waals surface area contributed by atoms with Crippen molar-refractivity contribution in [3.8, 4) is 5.88 Å². The van der Waals surface area contributed by atoms with Crippen LogP contribution in [0.5, 0.6) is 5.88 Å². The van der Waals surface area contributed by atoms with Crippen molar-refractivity contribution in [1.82, 2.24) is 20.1 Å². The highest BCUT2D eigenvalue weighted by Crippen LogP contribution is 2.37. The van der Waals surface area contributed by atoms with E-state index in [-0.39, 0.29) is 30.2 Å². The molecule has 7 nitrogen and oxygen atoms in total. The van der Waals surface area contributed by atoms with Crippen molar-refractivity contribution >= 4 is 11.8 Å². The molecule has 0 bridgehead atoms. The molecule has 0 radical (unpaired) electrons. The molecule has 1 N–H and O–H groups in total. The van der Waals surface area contributed by atoms with Gasteiger partial charge in [0.25, 0.3) is 5.91 Å². The van der Waals surface area contributed by atoms with E-state index in [9.17, 15) is 22.8 Å². The molecule has 2 saturated heterocycles. The van der Waals surface area contributed by atoms with E-state index >= 15 is 0 Å². The van der Waals surface area contributed by atoms with Crippen LogP contribution in [-0.2, 0) is 11.0 Å². The molecule has 37 heavy (non-hydrogen) atoms. The predicted molar refractivity (Wildman–Crippen MR) is 130 cm³/mol. The number of carbonyl (C=O) groups excluding carboxylic acids is 2. The molecule has 2 aromatic rings. The van der Waals surface area contributed by atoms with Crippen LogP contribution >= 0.6 is 0 Å².